The number of carboxylic acid groups (broad SMARTS) is 1. The molecule has 7 heteroatoms. The summed E-state index contributed by atoms with van der Waals surface area (Å²) in [7, 11) is 0. The van der Waals surface area contributed by atoms with E-state index in [1.807, 2.05) is 48.5 Å². The summed E-state index contributed by atoms with van der Waals surface area (Å²) in [5.41, 5.74) is 1.98. The van der Waals surface area contributed by atoms with Gasteiger partial charge in [-0.25, -0.2) is 4.79 Å². The monoisotopic (exact) mass is 520 g/mol. The van der Waals surface area contributed by atoms with Crippen LogP contribution in [0, 0.1) is 28.6 Å². The lowest BCUT2D eigenvalue weighted by Crippen LogP contribution is -2.61. The van der Waals surface area contributed by atoms with E-state index in [9.17, 15) is 19.5 Å². The number of carbonyl (C=O) groups excluding carboxylic acids is 2. The minimum absolute atomic E-state index is 0.0692. The summed E-state index contributed by atoms with van der Waals surface area (Å²) < 4.78 is 11.8. The predicted octanol–water partition coefficient (Wildman–Crippen LogP) is 5.85. The first kappa shape index (κ1) is 31.1. The maximum Gasteiger partial charge on any atom is 0.328 e. The molecule has 0 bridgehead atoms. The fraction of sp³-hybridized carbons (Fsp3) is 0.767. The van der Waals surface area contributed by atoms with Crippen LogP contribution < -0.4 is 0 Å². The van der Waals surface area contributed by atoms with E-state index in [1.165, 1.54) is 11.6 Å². The quantitative estimate of drug-likeness (QED) is 0.200. The van der Waals surface area contributed by atoms with Gasteiger partial charge in [0.1, 0.15) is 12.7 Å². The highest BCUT2D eigenvalue weighted by Gasteiger charge is 2.60. The molecule has 2 N–H and O–H groups in total. The lowest BCUT2D eigenvalue weighted by atomic mass is 9.47. The van der Waals surface area contributed by atoms with Crippen LogP contribution in [0.5, 0.6) is 0 Å². The SMILES string of the molecule is CC1=C(CC/C(C)=C/C(=O)O)[C@@]2(C)CC[C@@H](OC(=O)CC(C)C)[C@](C)(COC(=O)CC(C)C)[C@@H]2[C@H](O)C1. The highest BCUT2D eigenvalue weighted by Crippen LogP contribution is 2.61. The molecule has 0 aromatic rings. The molecule has 37 heavy (non-hydrogen) atoms. The summed E-state index contributed by atoms with van der Waals surface area (Å²) in [6, 6.07) is 0. The van der Waals surface area contributed by atoms with Crippen molar-refractivity contribution in [3.63, 3.8) is 0 Å². The molecule has 7 nitrogen and oxygen atoms in total. The second-order valence-electron chi connectivity index (χ2n) is 12.6. The molecule has 210 valence electrons. The van der Waals surface area contributed by atoms with Crippen LogP contribution in [0.15, 0.2) is 22.8 Å². The van der Waals surface area contributed by atoms with Crippen LogP contribution in [0.4, 0.5) is 0 Å². The van der Waals surface area contributed by atoms with E-state index < -0.39 is 29.0 Å². The molecule has 0 unspecified atom stereocenters. The van der Waals surface area contributed by atoms with Crippen molar-refractivity contribution in [3.05, 3.63) is 22.8 Å². The zero-order valence-electron chi connectivity index (χ0n) is 24.1. The van der Waals surface area contributed by atoms with Crippen molar-refractivity contribution in [3.8, 4) is 0 Å². The van der Waals surface area contributed by atoms with Gasteiger partial charge in [-0.2, -0.15) is 0 Å². The van der Waals surface area contributed by atoms with Crippen LogP contribution in [0.25, 0.3) is 0 Å². The summed E-state index contributed by atoms with van der Waals surface area (Å²) in [5, 5.41) is 20.6. The van der Waals surface area contributed by atoms with Crippen LogP contribution in [0.2, 0.25) is 0 Å². The second kappa shape index (κ2) is 12.6. The molecule has 5 atom stereocenters. The molecule has 0 aromatic heterocycles. The Kier molecular flexibility index (Phi) is 10.6. The zero-order valence-corrected chi connectivity index (χ0v) is 24.1. The van der Waals surface area contributed by atoms with E-state index in [0.29, 0.717) is 38.5 Å². The minimum atomic E-state index is -0.953. The molecule has 1 saturated carbocycles. The van der Waals surface area contributed by atoms with Gasteiger partial charge in [0.2, 0.25) is 0 Å². The fourth-order valence-corrected chi connectivity index (χ4v) is 6.74. The number of rotatable bonds is 11. The van der Waals surface area contributed by atoms with Crippen LogP contribution in [-0.2, 0) is 23.9 Å². The van der Waals surface area contributed by atoms with Gasteiger partial charge in [0.25, 0.3) is 0 Å². The first-order chi connectivity index (χ1) is 17.1. The fourth-order valence-electron chi connectivity index (χ4n) is 6.74. The number of fused-ring (bicyclic) bond motifs is 1. The Bertz CT molecular complexity index is 915. The Hall–Kier alpha value is -2.15. The number of aliphatic carboxylic acids is 1. The summed E-state index contributed by atoms with van der Waals surface area (Å²) >= 11 is 0. The lowest BCUT2D eigenvalue weighted by molar-refractivity contribution is -0.197. The van der Waals surface area contributed by atoms with Gasteiger partial charge in [-0.05, 0) is 63.2 Å². The number of aliphatic hydroxyl groups excluding tert-OH is 1. The van der Waals surface area contributed by atoms with Crippen molar-refractivity contribution in [2.75, 3.05) is 6.61 Å². The molecule has 0 saturated heterocycles. The van der Waals surface area contributed by atoms with E-state index in [4.69, 9.17) is 14.6 Å². The lowest BCUT2D eigenvalue weighted by Gasteiger charge is -2.59. The van der Waals surface area contributed by atoms with E-state index in [2.05, 4.69) is 6.92 Å². The molecule has 0 amide bonds. The summed E-state index contributed by atoms with van der Waals surface area (Å²) in [6.07, 6.45) is 3.82. The minimum Gasteiger partial charge on any atom is -0.478 e. The van der Waals surface area contributed by atoms with Crippen molar-refractivity contribution in [2.24, 2.45) is 28.6 Å². The zero-order chi connectivity index (χ0) is 28.1. The molecule has 0 spiro atoms. The molecule has 0 aliphatic heterocycles. The molecule has 2 aliphatic rings. The van der Waals surface area contributed by atoms with E-state index >= 15 is 0 Å². The van der Waals surface area contributed by atoms with Gasteiger partial charge in [-0.15, -0.1) is 0 Å². The number of esters is 2. The van der Waals surface area contributed by atoms with Gasteiger partial charge >= 0.3 is 17.9 Å². The van der Waals surface area contributed by atoms with Gasteiger partial charge in [-0.3, -0.25) is 9.59 Å². The smallest absolute Gasteiger partial charge is 0.328 e. The van der Waals surface area contributed by atoms with Crippen LogP contribution in [-0.4, -0.2) is 46.9 Å². The molecule has 0 aromatic carbocycles. The normalized spacial score (nSPS) is 30.4. The maximum atomic E-state index is 12.7. The Labute approximate surface area is 222 Å². The highest BCUT2D eigenvalue weighted by molar-refractivity contribution is 5.80. The third-order valence-electron chi connectivity index (χ3n) is 8.27. The van der Waals surface area contributed by atoms with Crippen molar-refractivity contribution >= 4 is 17.9 Å². The van der Waals surface area contributed by atoms with Gasteiger partial charge in [0.05, 0.1) is 6.10 Å². The Morgan fingerprint density at radius 2 is 1.68 bits per heavy atom. The highest BCUT2D eigenvalue weighted by atomic mass is 16.6. The number of hydrogen-bond acceptors (Lipinski definition) is 6. The van der Waals surface area contributed by atoms with Gasteiger partial charge in [-0.1, -0.05) is 58.3 Å². The van der Waals surface area contributed by atoms with Crippen LogP contribution in [0.3, 0.4) is 0 Å². The largest absolute Gasteiger partial charge is 0.478 e. The number of carbonyl (C=O) groups is 3. The number of ether oxygens (including phenoxy) is 2. The average Bonchev–Trinajstić information content (AvgIpc) is 2.72. The van der Waals surface area contributed by atoms with Crippen molar-refractivity contribution in [1.29, 1.82) is 0 Å². The molecular weight excluding hydrogens is 472 g/mol. The topological polar surface area (TPSA) is 110 Å². The third-order valence-corrected chi connectivity index (χ3v) is 8.27. The number of allylic oxidation sites excluding steroid dienone is 2. The Balaban J connectivity index is 2.44. The molecule has 0 heterocycles. The maximum absolute atomic E-state index is 12.7. The molecule has 1 fully saturated rings. The van der Waals surface area contributed by atoms with E-state index in [1.54, 1.807) is 0 Å². The Morgan fingerprint density at radius 1 is 1.08 bits per heavy atom. The van der Waals surface area contributed by atoms with Crippen molar-refractivity contribution in [2.45, 2.75) is 113 Å². The van der Waals surface area contributed by atoms with E-state index in [-0.39, 0.29) is 36.3 Å². The number of carboxylic acids is 1. The van der Waals surface area contributed by atoms with Crippen molar-refractivity contribution < 1.29 is 34.1 Å². The second-order valence-corrected chi connectivity index (χ2v) is 12.6. The number of aliphatic hydroxyl groups is 1. The van der Waals surface area contributed by atoms with E-state index in [0.717, 1.165) is 17.6 Å². The standard InChI is InChI=1S/C30H48O7/c1-18(2)13-26(34)36-17-30(8)24(37-27(35)14-19(3)4)11-12-29(7)22(10-9-20(5)15-25(32)33)21(6)16-23(31)28(29)30/h15,18-19,23-24,28,31H,9-14,16-17H2,1-8H3,(H,32,33)/b20-15+/t23-,24-,28-,29-,30+/m1/s1. The van der Waals surface area contributed by atoms with Crippen molar-refractivity contribution in [1.82, 2.24) is 0 Å². The van der Waals surface area contributed by atoms with Crippen LogP contribution in [0.1, 0.15) is 100 Å². The third kappa shape index (κ3) is 7.68. The molecule has 2 aliphatic carbocycles. The molecule has 0 radical (unpaired) electrons. The van der Waals surface area contributed by atoms with Crippen LogP contribution >= 0.6 is 0 Å². The van der Waals surface area contributed by atoms with Gasteiger partial charge in [0.15, 0.2) is 0 Å². The average molecular weight is 521 g/mol. The van der Waals surface area contributed by atoms with Gasteiger partial charge in [0, 0.05) is 30.3 Å². The molecule has 2 rings (SSSR count). The Morgan fingerprint density at radius 3 is 2.24 bits per heavy atom. The summed E-state index contributed by atoms with van der Waals surface area (Å²) in [4.78, 5) is 36.4. The molecular formula is C30H48O7. The summed E-state index contributed by atoms with van der Waals surface area (Å²) in [6.45, 7) is 16.0. The first-order valence-corrected chi connectivity index (χ1v) is 13.7. The first-order valence-electron chi connectivity index (χ1n) is 13.7. The predicted molar refractivity (Wildman–Crippen MR) is 143 cm³/mol. The summed E-state index contributed by atoms with van der Waals surface area (Å²) in [5.74, 6) is -1.48. The number of hydrogen-bond donors (Lipinski definition) is 2. The van der Waals surface area contributed by atoms with Gasteiger partial charge < -0.3 is 19.7 Å².